The molecule has 1 amide bonds. The highest BCUT2D eigenvalue weighted by atomic mass is 35.5. The smallest absolute Gasteiger partial charge is 0.230 e. The lowest BCUT2D eigenvalue weighted by Crippen LogP contribution is -2.41. The maximum absolute atomic E-state index is 12.9. The van der Waals surface area contributed by atoms with E-state index in [1.165, 1.54) is 11.1 Å². The van der Waals surface area contributed by atoms with Crippen LogP contribution in [0.25, 0.3) is 0 Å². The van der Waals surface area contributed by atoms with Crippen LogP contribution in [0, 0.1) is 18.8 Å². The first kappa shape index (κ1) is 16.3. The maximum atomic E-state index is 12.9. The van der Waals surface area contributed by atoms with Crippen molar-refractivity contribution >= 4 is 24.0 Å². The maximum Gasteiger partial charge on any atom is 0.230 e. The minimum absolute atomic E-state index is 0. The Hall–Kier alpha value is -1.06. The molecule has 21 heavy (non-hydrogen) atoms. The van der Waals surface area contributed by atoms with Crippen LogP contribution in [0.1, 0.15) is 36.8 Å². The molecule has 0 aromatic heterocycles. The monoisotopic (exact) mass is 308 g/mol. The number of hydrogen-bond acceptors (Lipinski definition) is 2. The summed E-state index contributed by atoms with van der Waals surface area (Å²) < 4.78 is 0. The molecule has 1 saturated carbocycles. The zero-order valence-corrected chi connectivity index (χ0v) is 13.5. The Morgan fingerprint density at radius 2 is 2.14 bits per heavy atom. The van der Waals surface area contributed by atoms with E-state index < -0.39 is 0 Å². The molecule has 1 aliphatic carbocycles. The van der Waals surface area contributed by atoms with E-state index >= 15 is 0 Å². The summed E-state index contributed by atoms with van der Waals surface area (Å²) in [4.78, 5) is 14.9. The van der Waals surface area contributed by atoms with Crippen LogP contribution >= 0.6 is 12.4 Å². The zero-order valence-electron chi connectivity index (χ0n) is 12.7. The molecule has 0 bridgehead atoms. The van der Waals surface area contributed by atoms with Crippen molar-refractivity contribution in [3.05, 3.63) is 29.3 Å². The molecule has 0 radical (unpaired) electrons. The van der Waals surface area contributed by atoms with Crippen molar-refractivity contribution in [2.24, 2.45) is 17.6 Å². The van der Waals surface area contributed by atoms with E-state index in [-0.39, 0.29) is 18.3 Å². The highest BCUT2D eigenvalue weighted by Gasteiger charge is 2.36. The lowest BCUT2D eigenvalue weighted by molar-refractivity contribution is -0.123. The minimum Gasteiger partial charge on any atom is -0.330 e. The molecule has 4 heteroatoms. The highest BCUT2D eigenvalue weighted by Crippen LogP contribution is 2.36. The predicted molar refractivity (Wildman–Crippen MR) is 89.0 cm³/mol. The van der Waals surface area contributed by atoms with E-state index in [0.717, 1.165) is 44.3 Å². The third kappa shape index (κ3) is 3.09. The molecule has 0 spiro atoms. The Kier molecular flexibility index (Phi) is 5.28. The lowest BCUT2D eigenvalue weighted by atomic mass is 9.92. The second-order valence-corrected chi connectivity index (χ2v) is 6.26. The topological polar surface area (TPSA) is 46.3 Å². The van der Waals surface area contributed by atoms with Gasteiger partial charge in [-0.05, 0) is 56.7 Å². The van der Waals surface area contributed by atoms with Gasteiger partial charge in [0.15, 0.2) is 0 Å². The van der Waals surface area contributed by atoms with Crippen molar-refractivity contribution in [2.45, 2.75) is 39.0 Å². The average molecular weight is 309 g/mol. The van der Waals surface area contributed by atoms with Crippen LogP contribution in [0.4, 0.5) is 5.69 Å². The van der Waals surface area contributed by atoms with E-state index in [0.29, 0.717) is 18.4 Å². The zero-order chi connectivity index (χ0) is 14.1. The largest absolute Gasteiger partial charge is 0.330 e. The summed E-state index contributed by atoms with van der Waals surface area (Å²) in [6, 6.07) is 6.46. The van der Waals surface area contributed by atoms with E-state index in [1.54, 1.807) is 0 Å². The van der Waals surface area contributed by atoms with Gasteiger partial charge in [0.05, 0.1) is 0 Å². The molecule has 0 saturated heterocycles. The fourth-order valence-corrected chi connectivity index (χ4v) is 3.80. The molecular weight excluding hydrogens is 284 g/mol. The molecule has 116 valence electrons. The summed E-state index contributed by atoms with van der Waals surface area (Å²) in [7, 11) is 0. The number of anilines is 1. The number of carbonyl (C=O) groups is 1. The van der Waals surface area contributed by atoms with Gasteiger partial charge in [-0.1, -0.05) is 24.1 Å². The molecule has 3 nitrogen and oxygen atoms in total. The summed E-state index contributed by atoms with van der Waals surface area (Å²) in [6.45, 7) is 3.62. The molecule has 2 atom stereocenters. The highest BCUT2D eigenvalue weighted by molar-refractivity contribution is 5.96. The number of amides is 1. The van der Waals surface area contributed by atoms with Crippen LogP contribution in [0.3, 0.4) is 0 Å². The number of halogens is 1. The Labute approximate surface area is 133 Å². The second kappa shape index (κ2) is 6.80. The molecular formula is C17H25ClN2O. The van der Waals surface area contributed by atoms with Gasteiger partial charge in [-0.15, -0.1) is 12.4 Å². The molecule has 2 aliphatic rings. The van der Waals surface area contributed by atoms with Crippen molar-refractivity contribution in [3.63, 3.8) is 0 Å². The Balaban J connectivity index is 0.00000161. The molecule has 1 heterocycles. The third-order valence-electron chi connectivity index (χ3n) is 4.90. The fourth-order valence-electron chi connectivity index (χ4n) is 3.80. The van der Waals surface area contributed by atoms with Crippen molar-refractivity contribution in [1.29, 1.82) is 0 Å². The summed E-state index contributed by atoms with van der Waals surface area (Å²) in [5, 5.41) is 0. The molecule has 0 unspecified atom stereocenters. The van der Waals surface area contributed by atoms with Crippen LogP contribution in [0.5, 0.6) is 0 Å². The van der Waals surface area contributed by atoms with Crippen LogP contribution in [0.2, 0.25) is 0 Å². The van der Waals surface area contributed by atoms with E-state index in [4.69, 9.17) is 5.73 Å². The molecule has 1 aliphatic heterocycles. The normalized spacial score (nSPS) is 24.4. The van der Waals surface area contributed by atoms with Gasteiger partial charge < -0.3 is 10.6 Å². The number of nitrogens with two attached hydrogens (primary N) is 1. The molecule has 2 N–H and O–H groups in total. The van der Waals surface area contributed by atoms with E-state index in [9.17, 15) is 4.79 Å². The Morgan fingerprint density at radius 3 is 2.90 bits per heavy atom. The standard InChI is InChI=1S/C17H24N2O.ClH/c1-12-7-8-16-13(10-12)5-3-9-19(16)17(20)15-6-2-4-14(15)11-18;/h7-8,10,14-15H,2-6,9,11,18H2,1H3;1H/t14-,15-;/m1./s1. The summed E-state index contributed by atoms with van der Waals surface area (Å²) in [5.74, 6) is 0.841. The number of benzene rings is 1. The number of aryl methyl sites for hydroxylation is 2. The van der Waals surface area contributed by atoms with Crippen LogP contribution in [-0.2, 0) is 11.2 Å². The lowest BCUT2D eigenvalue weighted by Gasteiger charge is -2.33. The number of nitrogens with zero attached hydrogens (tertiary/aromatic N) is 1. The van der Waals surface area contributed by atoms with Crippen molar-refractivity contribution in [2.75, 3.05) is 18.0 Å². The van der Waals surface area contributed by atoms with Gasteiger partial charge in [-0.25, -0.2) is 0 Å². The van der Waals surface area contributed by atoms with Gasteiger partial charge in [-0.3, -0.25) is 4.79 Å². The average Bonchev–Trinajstić information content (AvgIpc) is 2.94. The number of rotatable bonds is 2. The number of carbonyl (C=O) groups excluding carboxylic acids is 1. The van der Waals surface area contributed by atoms with Gasteiger partial charge in [0, 0.05) is 18.2 Å². The first-order valence-electron chi connectivity index (χ1n) is 7.81. The predicted octanol–water partition coefficient (Wildman–Crippen LogP) is 3.07. The Bertz CT molecular complexity index is 518. The third-order valence-corrected chi connectivity index (χ3v) is 4.90. The molecule has 1 aromatic rings. The van der Waals surface area contributed by atoms with Gasteiger partial charge in [0.1, 0.15) is 0 Å². The second-order valence-electron chi connectivity index (χ2n) is 6.26. The number of fused-ring (bicyclic) bond motifs is 1. The first-order chi connectivity index (χ1) is 9.70. The van der Waals surface area contributed by atoms with Crippen LogP contribution in [0.15, 0.2) is 18.2 Å². The Morgan fingerprint density at radius 1 is 1.33 bits per heavy atom. The minimum atomic E-state index is 0. The molecule has 1 fully saturated rings. The fraction of sp³-hybridized carbons (Fsp3) is 0.588. The number of hydrogen-bond donors (Lipinski definition) is 1. The summed E-state index contributed by atoms with van der Waals surface area (Å²) >= 11 is 0. The van der Waals surface area contributed by atoms with Crippen LogP contribution in [-0.4, -0.2) is 19.0 Å². The van der Waals surface area contributed by atoms with Gasteiger partial charge in [0.25, 0.3) is 0 Å². The van der Waals surface area contributed by atoms with E-state index in [1.807, 2.05) is 4.90 Å². The van der Waals surface area contributed by atoms with Gasteiger partial charge in [0.2, 0.25) is 5.91 Å². The van der Waals surface area contributed by atoms with Crippen molar-refractivity contribution in [3.8, 4) is 0 Å². The first-order valence-corrected chi connectivity index (χ1v) is 7.81. The van der Waals surface area contributed by atoms with E-state index in [2.05, 4.69) is 25.1 Å². The van der Waals surface area contributed by atoms with Crippen molar-refractivity contribution in [1.82, 2.24) is 0 Å². The molecule has 3 rings (SSSR count). The van der Waals surface area contributed by atoms with Crippen LogP contribution < -0.4 is 10.6 Å². The van der Waals surface area contributed by atoms with Gasteiger partial charge in [-0.2, -0.15) is 0 Å². The van der Waals surface area contributed by atoms with Gasteiger partial charge >= 0.3 is 0 Å². The SMILES string of the molecule is Cc1ccc2c(c1)CCCN2C(=O)[C@@H]1CCC[C@@H]1CN.Cl. The summed E-state index contributed by atoms with van der Waals surface area (Å²) in [5.41, 5.74) is 9.57. The quantitative estimate of drug-likeness (QED) is 0.912. The summed E-state index contributed by atoms with van der Waals surface area (Å²) in [6.07, 6.45) is 5.43. The van der Waals surface area contributed by atoms with Crippen molar-refractivity contribution < 1.29 is 4.79 Å². The molecule has 1 aromatic carbocycles.